The average Bonchev–Trinajstić information content (AvgIpc) is 2.17. The molecule has 0 aliphatic carbocycles. The maximum absolute atomic E-state index is 9.37. The van der Waals surface area contributed by atoms with Crippen LogP contribution in [0.4, 0.5) is 5.82 Å². The number of aliphatic hydroxyl groups excluding tert-OH is 1. The Morgan fingerprint density at radius 1 is 1.71 bits per heavy atom. The second-order valence-electron chi connectivity index (χ2n) is 2.71. The fraction of sp³-hybridized carbons (Fsp3) is 0.500. The Balaban J connectivity index is 2.41. The zero-order valence-electron chi connectivity index (χ0n) is 7.77. The van der Waals surface area contributed by atoms with Gasteiger partial charge in [0.2, 0.25) is 0 Å². The molecule has 0 spiro atoms. The van der Waals surface area contributed by atoms with Crippen molar-refractivity contribution < 1.29 is 9.84 Å². The summed E-state index contributed by atoms with van der Waals surface area (Å²) < 4.78 is 5.72. The van der Waals surface area contributed by atoms with E-state index < -0.39 is 6.10 Å². The van der Waals surface area contributed by atoms with Crippen molar-refractivity contribution in [3.8, 4) is 0 Å². The van der Waals surface area contributed by atoms with Crippen molar-refractivity contribution in [3.05, 3.63) is 16.1 Å². The molecule has 0 saturated heterocycles. The fourth-order valence-corrected chi connectivity index (χ4v) is 1.40. The third-order valence-corrected chi connectivity index (χ3v) is 2.32. The van der Waals surface area contributed by atoms with Gasteiger partial charge in [-0.25, -0.2) is 9.97 Å². The summed E-state index contributed by atoms with van der Waals surface area (Å²) in [4.78, 5) is 7.89. The molecule has 1 aromatic rings. The summed E-state index contributed by atoms with van der Waals surface area (Å²) in [6.07, 6.45) is 2.65. The largest absolute Gasteiger partial charge is 0.389 e. The Hall–Kier alpha value is -0.470. The molecule has 0 saturated carbocycles. The van der Waals surface area contributed by atoms with Crippen molar-refractivity contribution in [3.63, 3.8) is 0 Å². The second kappa shape index (κ2) is 6.10. The van der Waals surface area contributed by atoms with E-state index in [1.54, 1.807) is 13.3 Å². The molecule has 2 N–H and O–H groups in total. The van der Waals surface area contributed by atoms with Gasteiger partial charge in [-0.2, -0.15) is 0 Å². The molecule has 78 valence electrons. The molecule has 0 aliphatic rings. The Labute approximate surface area is 96.0 Å². The molecule has 1 atom stereocenters. The van der Waals surface area contributed by atoms with E-state index in [1.807, 2.05) is 0 Å². The molecular formula is C8H12IN3O2. The van der Waals surface area contributed by atoms with Gasteiger partial charge >= 0.3 is 0 Å². The highest BCUT2D eigenvalue weighted by Gasteiger charge is 2.05. The minimum atomic E-state index is -0.522. The van der Waals surface area contributed by atoms with Crippen LogP contribution in [0, 0.1) is 3.57 Å². The molecule has 1 unspecified atom stereocenters. The summed E-state index contributed by atoms with van der Waals surface area (Å²) in [5.41, 5.74) is 0. The Bertz CT molecular complexity index is 285. The molecule has 14 heavy (non-hydrogen) atoms. The zero-order chi connectivity index (χ0) is 10.4. The standard InChI is InChI=1S/C8H12IN3O2/c1-14-4-6(13)2-11-8-7(9)3-10-5-12-8/h3,5-6,13H,2,4H2,1H3,(H,10,11,12). The van der Waals surface area contributed by atoms with Crippen molar-refractivity contribution in [1.29, 1.82) is 0 Å². The molecule has 1 aromatic heterocycles. The van der Waals surface area contributed by atoms with E-state index in [0.29, 0.717) is 13.2 Å². The molecule has 0 bridgehead atoms. The Morgan fingerprint density at radius 3 is 3.14 bits per heavy atom. The first kappa shape index (κ1) is 11.6. The smallest absolute Gasteiger partial charge is 0.142 e. The summed E-state index contributed by atoms with van der Waals surface area (Å²) >= 11 is 2.13. The van der Waals surface area contributed by atoms with Crippen LogP contribution in [-0.2, 0) is 4.74 Å². The van der Waals surface area contributed by atoms with Crippen LogP contribution in [0.15, 0.2) is 12.5 Å². The minimum Gasteiger partial charge on any atom is -0.389 e. The molecule has 6 heteroatoms. The third-order valence-electron chi connectivity index (χ3n) is 1.53. The van der Waals surface area contributed by atoms with E-state index in [2.05, 4.69) is 37.9 Å². The van der Waals surface area contributed by atoms with Crippen LogP contribution in [0.3, 0.4) is 0 Å². The van der Waals surface area contributed by atoms with Crippen molar-refractivity contribution in [2.75, 3.05) is 25.6 Å². The molecule has 0 radical (unpaired) electrons. The van der Waals surface area contributed by atoms with Crippen LogP contribution in [0.25, 0.3) is 0 Å². The predicted octanol–water partition coefficient (Wildman–Crippen LogP) is 0.500. The van der Waals surface area contributed by atoms with E-state index in [1.165, 1.54) is 6.33 Å². The number of anilines is 1. The van der Waals surface area contributed by atoms with Gasteiger partial charge in [-0.3, -0.25) is 0 Å². The maximum atomic E-state index is 9.37. The minimum absolute atomic E-state index is 0.314. The lowest BCUT2D eigenvalue weighted by Crippen LogP contribution is -2.24. The average molecular weight is 309 g/mol. The fourth-order valence-electron chi connectivity index (χ4n) is 0.909. The van der Waals surface area contributed by atoms with Gasteiger partial charge in [0, 0.05) is 19.9 Å². The first-order chi connectivity index (χ1) is 6.74. The number of rotatable bonds is 5. The summed E-state index contributed by atoms with van der Waals surface area (Å²) in [5.74, 6) is 0.732. The van der Waals surface area contributed by atoms with Crippen molar-refractivity contribution in [2.45, 2.75) is 6.10 Å². The van der Waals surface area contributed by atoms with E-state index >= 15 is 0 Å². The lowest BCUT2D eigenvalue weighted by Gasteiger charge is -2.11. The predicted molar refractivity (Wildman–Crippen MR) is 61.1 cm³/mol. The van der Waals surface area contributed by atoms with Gasteiger partial charge in [0.15, 0.2) is 0 Å². The molecule has 0 aromatic carbocycles. The van der Waals surface area contributed by atoms with Gasteiger partial charge in [0.1, 0.15) is 12.1 Å². The van der Waals surface area contributed by atoms with Crippen LogP contribution < -0.4 is 5.32 Å². The summed E-state index contributed by atoms with van der Waals surface area (Å²) in [7, 11) is 1.55. The molecule has 5 nitrogen and oxygen atoms in total. The van der Waals surface area contributed by atoms with Gasteiger partial charge in [0.25, 0.3) is 0 Å². The summed E-state index contributed by atoms with van der Waals surface area (Å²) in [5, 5.41) is 12.4. The van der Waals surface area contributed by atoms with Crippen LogP contribution in [0.1, 0.15) is 0 Å². The zero-order valence-corrected chi connectivity index (χ0v) is 9.93. The van der Waals surface area contributed by atoms with Crippen LogP contribution in [-0.4, -0.2) is 41.4 Å². The SMILES string of the molecule is COCC(O)CNc1ncncc1I. The highest BCUT2D eigenvalue weighted by atomic mass is 127. The number of hydrogen-bond acceptors (Lipinski definition) is 5. The first-order valence-corrected chi connectivity index (χ1v) is 5.18. The van der Waals surface area contributed by atoms with E-state index in [4.69, 9.17) is 4.74 Å². The molecule has 0 aliphatic heterocycles. The van der Waals surface area contributed by atoms with Gasteiger partial charge in [0.05, 0.1) is 16.3 Å². The number of aliphatic hydroxyl groups is 1. The van der Waals surface area contributed by atoms with E-state index in [9.17, 15) is 5.11 Å². The van der Waals surface area contributed by atoms with Gasteiger partial charge in [-0.1, -0.05) is 0 Å². The van der Waals surface area contributed by atoms with E-state index in [0.717, 1.165) is 9.39 Å². The van der Waals surface area contributed by atoms with Crippen molar-refractivity contribution in [2.24, 2.45) is 0 Å². The van der Waals surface area contributed by atoms with Crippen LogP contribution in [0.2, 0.25) is 0 Å². The number of hydrogen-bond donors (Lipinski definition) is 2. The van der Waals surface area contributed by atoms with Crippen LogP contribution in [0.5, 0.6) is 0 Å². The number of nitrogens with zero attached hydrogens (tertiary/aromatic N) is 2. The molecular weight excluding hydrogens is 297 g/mol. The van der Waals surface area contributed by atoms with Crippen molar-refractivity contribution >= 4 is 28.4 Å². The van der Waals surface area contributed by atoms with Gasteiger partial charge < -0.3 is 15.2 Å². The maximum Gasteiger partial charge on any atom is 0.142 e. The van der Waals surface area contributed by atoms with E-state index in [-0.39, 0.29) is 0 Å². The summed E-state index contributed by atoms with van der Waals surface area (Å²) in [6.45, 7) is 0.732. The summed E-state index contributed by atoms with van der Waals surface area (Å²) in [6, 6.07) is 0. The van der Waals surface area contributed by atoms with Gasteiger partial charge in [-0.15, -0.1) is 0 Å². The topological polar surface area (TPSA) is 67.3 Å². The lowest BCUT2D eigenvalue weighted by atomic mass is 10.4. The molecule has 1 rings (SSSR count). The van der Waals surface area contributed by atoms with Gasteiger partial charge in [-0.05, 0) is 22.6 Å². The number of nitrogens with one attached hydrogen (secondary N) is 1. The number of methoxy groups -OCH3 is 1. The molecule has 0 amide bonds. The Morgan fingerprint density at radius 2 is 2.50 bits per heavy atom. The molecule has 1 heterocycles. The monoisotopic (exact) mass is 309 g/mol. The number of aromatic nitrogens is 2. The number of halogens is 1. The highest BCUT2D eigenvalue weighted by Crippen LogP contribution is 2.11. The first-order valence-electron chi connectivity index (χ1n) is 4.10. The van der Waals surface area contributed by atoms with Crippen LogP contribution >= 0.6 is 22.6 Å². The van der Waals surface area contributed by atoms with Crippen molar-refractivity contribution in [1.82, 2.24) is 9.97 Å². The number of ether oxygens (including phenoxy) is 1. The second-order valence-corrected chi connectivity index (χ2v) is 3.87. The Kier molecular flexibility index (Phi) is 5.05. The quantitative estimate of drug-likeness (QED) is 0.776. The highest BCUT2D eigenvalue weighted by molar-refractivity contribution is 14.1. The lowest BCUT2D eigenvalue weighted by molar-refractivity contribution is 0.0727. The normalized spacial score (nSPS) is 12.5. The third kappa shape index (κ3) is 3.72. The molecule has 0 fully saturated rings.